The number of hydrogen-bond donors (Lipinski definition) is 0. The summed E-state index contributed by atoms with van der Waals surface area (Å²) in [4.78, 5) is 40.6. The van der Waals surface area contributed by atoms with E-state index in [2.05, 4.69) is 0 Å². The van der Waals surface area contributed by atoms with Crippen LogP contribution in [-0.4, -0.2) is 49.4 Å². The fourth-order valence-electron chi connectivity index (χ4n) is 4.84. The number of para-hydroxylation sites is 2. The molecule has 0 N–H and O–H groups in total. The summed E-state index contributed by atoms with van der Waals surface area (Å²) in [7, 11) is 0. The zero-order chi connectivity index (χ0) is 24.8. The van der Waals surface area contributed by atoms with Crippen molar-refractivity contribution in [3.8, 4) is 5.69 Å². The van der Waals surface area contributed by atoms with Gasteiger partial charge in [-0.1, -0.05) is 12.1 Å². The Bertz CT molecular complexity index is 1680. The van der Waals surface area contributed by atoms with Gasteiger partial charge in [0.1, 0.15) is 16.7 Å². The third-order valence-electron chi connectivity index (χ3n) is 6.60. The molecular formula is C27H25N5O4. The van der Waals surface area contributed by atoms with Crippen molar-refractivity contribution in [3.05, 3.63) is 70.3 Å². The third kappa shape index (κ3) is 3.63. The van der Waals surface area contributed by atoms with E-state index >= 15 is 0 Å². The summed E-state index contributed by atoms with van der Waals surface area (Å²) in [5.74, 6) is 0.211. The minimum absolute atomic E-state index is 0.00339. The first-order valence-corrected chi connectivity index (χ1v) is 12.1. The second-order valence-corrected chi connectivity index (χ2v) is 8.90. The van der Waals surface area contributed by atoms with Gasteiger partial charge in [0.25, 0.3) is 5.56 Å². The molecule has 1 aliphatic heterocycles. The van der Waals surface area contributed by atoms with Crippen LogP contribution in [0.15, 0.2) is 53.3 Å². The molecule has 1 fully saturated rings. The molecule has 0 spiro atoms. The molecule has 0 amide bonds. The molecule has 9 heteroatoms. The second kappa shape index (κ2) is 8.83. The summed E-state index contributed by atoms with van der Waals surface area (Å²) in [6.07, 6.45) is 1.91. The van der Waals surface area contributed by atoms with Crippen molar-refractivity contribution in [3.63, 3.8) is 0 Å². The summed E-state index contributed by atoms with van der Waals surface area (Å²) < 4.78 is 14.4. The highest BCUT2D eigenvalue weighted by Gasteiger charge is 2.24. The molecule has 6 rings (SSSR count). The van der Waals surface area contributed by atoms with Crippen LogP contribution in [0.5, 0.6) is 0 Å². The van der Waals surface area contributed by atoms with E-state index in [0.29, 0.717) is 64.4 Å². The molecule has 0 radical (unpaired) electrons. The van der Waals surface area contributed by atoms with E-state index in [0.717, 1.165) is 18.5 Å². The van der Waals surface area contributed by atoms with Crippen LogP contribution in [0.1, 0.15) is 35.9 Å². The highest BCUT2D eigenvalue weighted by atomic mass is 16.5. The molecule has 0 aliphatic carbocycles. The number of benzene rings is 2. The quantitative estimate of drug-likeness (QED) is 0.349. The average Bonchev–Trinajstić information content (AvgIpc) is 3.51. The van der Waals surface area contributed by atoms with E-state index in [1.807, 2.05) is 35.8 Å². The van der Waals surface area contributed by atoms with Crippen LogP contribution in [0.25, 0.3) is 38.9 Å². The summed E-state index contributed by atoms with van der Waals surface area (Å²) in [6.45, 7) is 5.08. The van der Waals surface area contributed by atoms with Crippen molar-refractivity contribution >= 4 is 39.2 Å². The highest BCUT2D eigenvalue weighted by molar-refractivity contribution is 6.06. The molecule has 1 atom stereocenters. The summed E-state index contributed by atoms with van der Waals surface area (Å²) in [5, 5.41) is 0.418. The van der Waals surface area contributed by atoms with Crippen LogP contribution in [-0.2, 0) is 16.0 Å². The van der Waals surface area contributed by atoms with E-state index in [1.165, 1.54) is 0 Å². The Balaban J connectivity index is 1.62. The molecule has 9 nitrogen and oxygen atoms in total. The van der Waals surface area contributed by atoms with Gasteiger partial charge in [0.2, 0.25) is 0 Å². The highest BCUT2D eigenvalue weighted by Crippen LogP contribution is 2.29. The third-order valence-corrected chi connectivity index (χ3v) is 6.60. The minimum atomic E-state index is -0.386. The lowest BCUT2D eigenvalue weighted by Gasteiger charge is -2.14. The van der Waals surface area contributed by atoms with Gasteiger partial charge in [-0.2, -0.15) is 0 Å². The number of aryl methyl sites for hydroxylation is 1. The van der Waals surface area contributed by atoms with Crippen LogP contribution in [0.2, 0.25) is 0 Å². The number of aromatic nitrogens is 5. The number of nitrogens with zero attached hydrogens (tertiary/aromatic N) is 5. The maximum absolute atomic E-state index is 13.9. The number of rotatable bonds is 5. The first kappa shape index (κ1) is 22.4. The van der Waals surface area contributed by atoms with Gasteiger partial charge in [0.15, 0.2) is 11.3 Å². The van der Waals surface area contributed by atoms with Crippen molar-refractivity contribution < 1.29 is 14.3 Å². The average molecular weight is 484 g/mol. The zero-order valence-corrected chi connectivity index (χ0v) is 20.1. The molecule has 1 aliphatic rings. The van der Waals surface area contributed by atoms with Crippen molar-refractivity contribution in [2.24, 2.45) is 0 Å². The Kier molecular flexibility index (Phi) is 5.49. The second-order valence-electron chi connectivity index (χ2n) is 8.90. The molecule has 0 bridgehead atoms. The molecule has 1 saturated heterocycles. The monoisotopic (exact) mass is 483 g/mol. The van der Waals surface area contributed by atoms with Gasteiger partial charge >= 0.3 is 5.97 Å². The summed E-state index contributed by atoms with van der Waals surface area (Å²) >= 11 is 0. The van der Waals surface area contributed by atoms with Crippen molar-refractivity contribution in [2.75, 3.05) is 13.2 Å². The molecule has 4 heterocycles. The van der Waals surface area contributed by atoms with Gasteiger partial charge in [0, 0.05) is 12.3 Å². The molecule has 182 valence electrons. The Morgan fingerprint density at radius 1 is 1.06 bits per heavy atom. The van der Waals surface area contributed by atoms with Gasteiger partial charge < -0.3 is 9.47 Å². The number of carbonyl (C=O) groups excluding carboxylic acids is 1. The molecule has 3 aromatic heterocycles. The minimum Gasteiger partial charge on any atom is -0.462 e. The predicted molar refractivity (Wildman–Crippen MR) is 136 cm³/mol. The van der Waals surface area contributed by atoms with Crippen LogP contribution >= 0.6 is 0 Å². The standard InChI is InChI=1S/C27H25N5O4/c1-3-35-27(34)17-10-12-18(13-11-17)32-24-22(23-25(32)30-21-9-5-4-8-20(21)29-23)26(33)31(16(2)28-24)15-19-7-6-14-36-19/h4-5,8-13,19H,3,6-7,14-15H2,1-2H3/t19-/m0/s1. The Morgan fingerprint density at radius 3 is 2.50 bits per heavy atom. The van der Waals surface area contributed by atoms with Crippen molar-refractivity contribution in [1.82, 2.24) is 24.1 Å². The summed E-state index contributed by atoms with van der Waals surface area (Å²) in [6, 6.07) is 14.6. The lowest BCUT2D eigenvalue weighted by Crippen LogP contribution is -2.29. The molecular weight excluding hydrogens is 458 g/mol. The molecule has 0 unspecified atom stereocenters. The normalized spacial score (nSPS) is 15.8. The fourth-order valence-corrected chi connectivity index (χ4v) is 4.84. The lowest BCUT2D eigenvalue weighted by molar-refractivity contribution is 0.0526. The zero-order valence-electron chi connectivity index (χ0n) is 20.1. The van der Waals surface area contributed by atoms with E-state index in [-0.39, 0.29) is 17.6 Å². The Hall–Kier alpha value is -4.11. The Morgan fingerprint density at radius 2 is 1.81 bits per heavy atom. The molecule has 5 aromatic rings. The number of esters is 1. The van der Waals surface area contributed by atoms with E-state index in [4.69, 9.17) is 24.4 Å². The van der Waals surface area contributed by atoms with Gasteiger partial charge in [-0.3, -0.25) is 13.9 Å². The maximum atomic E-state index is 13.9. The molecule has 0 saturated carbocycles. The number of fused-ring (bicyclic) bond motifs is 4. The van der Waals surface area contributed by atoms with Gasteiger partial charge in [0.05, 0.1) is 35.9 Å². The largest absolute Gasteiger partial charge is 0.462 e. The molecule has 36 heavy (non-hydrogen) atoms. The van der Waals surface area contributed by atoms with Crippen LogP contribution in [0, 0.1) is 6.92 Å². The van der Waals surface area contributed by atoms with Gasteiger partial charge in [-0.25, -0.2) is 19.7 Å². The number of ether oxygens (including phenoxy) is 2. The maximum Gasteiger partial charge on any atom is 0.338 e. The van der Waals surface area contributed by atoms with Crippen LogP contribution < -0.4 is 5.56 Å². The van der Waals surface area contributed by atoms with Gasteiger partial charge in [-0.15, -0.1) is 0 Å². The van der Waals surface area contributed by atoms with E-state index < -0.39 is 0 Å². The summed E-state index contributed by atoms with van der Waals surface area (Å²) in [5.41, 5.74) is 3.93. The van der Waals surface area contributed by atoms with Crippen LogP contribution in [0.3, 0.4) is 0 Å². The topological polar surface area (TPSA) is 101 Å². The smallest absolute Gasteiger partial charge is 0.338 e. The first-order chi connectivity index (χ1) is 17.5. The van der Waals surface area contributed by atoms with E-state index in [1.54, 1.807) is 35.8 Å². The van der Waals surface area contributed by atoms with Crippen molar-refractivity contribution in [2.45, 2.75) is 39.3 Å². The van der Waals surface area contributed by atoms with E-state index in [9.17, 15) is 9.59 Å². The number of hydrogen-bond acceptors (Lipinski definition) is 7. The first-order valence-electron chi connectivity index (χ1n) is 12.1. The van der Waals surface area contributed by atoms with Crippen molar-refractivity contribution in [1.29, 1.82) is 0 Å². The predicted octanol–water partition coefficient (Wildman–Crippen LogP) is 3.95. The fraction of sp³-hybridized carbons (Fsp3) is 0.296. The lowest BCUT2D eigenvalue weighted by atomic mass is 10.2. The van der Waals surface area contributed by atoms with Gasteiger partial charge in [-0.05, 0) is 63.1 Å². The van der Waals surface area contributed by atoms with Crippen LogP contribution in [0.4, 0.5) is 0 Å². The Labute approximate surface area is 206 Å². The molecule has 2 aromatic carbocycles. The number of carbonyl (C=O) groups is 1. The SMILES string of the molecule is CCOC(=O)c1ccc(-n2c3nc4ccccc4nc3c3c(=O)n(C[C@@H]4CCCO4)c(C)nc32)cc1.